The van der Waals surface area contributed by atoms with E-state index in [-0.39, 0.29) is 6.10 Å². The normalized spacial score (nSPS) is 16.7. The molecule has 11 nitrogen and oxygen atoms in total. The van der Waals surface area contributed by atoms with Crippen LogP contribution in [-0.4, -0.2) is 83.1 Å². The molecule has 2 aliphatic heterocycles. The summed E-state index contributed by atoms with van der Waals surface area (Å²) in [7, 11) is 1.68. The number of morpholine rings is 1. The molecule has 0 saturated carbocycles. The average Bonchev–Trinajstić information content (AvgIpc) is 3.58. The van der Waals surface area contributed by atoms with Crippen molar-refractivity contribution in [3.8, 4) is 28.7 Å². The van der Waals surface area contributed by atoms with Crippen molar-refractivity contribution in [1.29, 1.82) is 5.26 Å². The molecule has 0 unspecified atom stereocenters. The summed E-state index contributed by atoms with van der Waals surface area (Å²) in [5.74, 6) is 1.73. The van der Waals surface area contributed by atoms with Gasteiger partial charge in [0.05, 0.1) is 44.4 Å². The summed E-state index contributed by atoms with van der Waals surface area (Å²) in [5.41, 5.74) is 4.10. The predicted molar refractivity (Wildman–Crippen MR) is 168 cm³/mol. The van der Waals surface area contributed by atoms with Crippen LogP contribution in [0.1, 0.15) is 25.3 Å². The molecule has 0 aliphatic carbocycles. The van der Waals surface area contributed by atoms with Crippen molar-refractivity contribution in [2.24, 2.45) is 0 Å². The maximum absolute atomic E-state index is 9.62. The molecule has 2 saturated heterocycles. The second-order valence-corrected chi connectivity index (χ2v) is 11.2. The second-order valence-electron chi connectivity index (χ2n) is 11.2. The Hall–Kier alpha value is -4.66. The monoisotopic (exact) mass is 594 g/mol. The molecule has 4 heterocycles. The molecule has 1 atom stereocenters. The maximum Gasteiger partial charge on any atom is 0.227 e. The van der Waals surface area contributed by atoms with Gasteiger partial charge in [-0.15, -0.1) is 0 Å². The number of methoxy groups -OCH3 is 1. The summed E-state index contributed by atoms with van der Waals surface area (Å²) < 4.78 is 19.4. The van der Waals surface area contributed by atoms with Crippen molar-refractivity contribution >= 4 is 17.3 Å². The fraction of sp³-hybridized carbons (Fsp3) is 0.394. The highest BCUT2D eigenvalue weighted by molar-refractivity contribution is 5.70. The lowest BCUT2D eigenvalue weighted by atomic mass is 10.0. The molecule has 4 aromatic rings. The number of imidazole rings is 1. The Morgan fingerprint density at radius 3 is 2.52 bits per heavy atom. The Balaban J connectivity index is 1.10. The Kier molecular flexibility index (Phi) is 9.20. The van der Waals surface area contributed by atoms with E-state index in [2.05, 4.69) is 48.3 Å². The summed E-state index contributed by atoms with van der Waals surface area (Å²) >= 11 is 0. The number of hydrogen-bond donors (Lipinski definition) is 1. The number of nitriles is 1. The highest BCUT2D eigenvalue weighted by Crippen LogP contribution is 2.34. The van der Waals surface area contributed by atoms with E-state index in [4.69, 9.17) is 14.2 Å². The van der Waals surface area contributed by atoms with E-state index in [0.29, 0.717) is 29.8 Å². The zero-order valence-electron chi connectivity index (χ0n) is 25.2. The van der Waals surface area contributed by atoms with Crippen LogP contribution in [0.3, 0.4) is 0 Å². The average molecular weight is 595 g/mol. The van der Waals surface area contributed by atoms with E-state index in [1.807, 2.05) is 35.9 Å². The van der Waals surface area contributed by atoms with Crippen LogP contribution >= 0.6 is 0 Å². The van der Waals surface area contributed by atoms with Gasteiger partial charge >= 0.3 is 0 Å². The zero-order chi connectivity index (χ0) is 30.3. The van der Waals surface area contributed by atoms with Gasteiger partial charge in [-0.3, -0.25) is 4.90 Å². The first kappa shape index (κ1) is 29.4. The van der Waals surface area contributed by atoms with E-state index in [1.165, 1.54) is 0 Å². The predicted octanol–water partition coefficient (Wildman–Crippen LogP) is 4.73. The van der Waals surface area contributed by atoms with E-state index < -0.39 is 0 Å². The van der Waals surface area contributed by atoms with Gasteiger partial charge in [0.1, 0.15) is 23.7 Å². The van der Waals surface area contributed by atoms with Gasteiger partial charge < -0.3 is 29.0 Å². The van der Waals surface area contributed by atoms with Crippen molar-refractivity contribution in [1.82, 2.24) is 24.4 Å². The van der Waals surface area contributed by atoms with E-state index in [0.717, 1.165) is 80.5 Å². The number of nitrogens with one attached hydrogen (secondary N) is 1. The van der Waals surface area contributed by atoms with Crippen LogP contribution in [0.2, 0.25) is 0 Å². The first-order valence-electron chi connectivity index (χ1n) is 15.1. The summed E-state index contributed by atoms with van der Waals surface area (Å²) in [5, 5.41) is 12.9. The number of rotatable bonds is 10. The van der Waals surface area contributed by atoms with Gasteiger partial charge in [-0.25, -0.2) is 15.0 Å². The molecule has 2 aromatic carbocycles. The zero-order valence-corrected chi connectivity index (χ0v) is 25.2. The first-order chi connectivity index (χ1) is 21.6. The van der Waals surface area contributed by atoms with Gasteiger partial charge in [-0.2, -0.15) is 5.26 Å². The topological polar surface area (TPSA) is 114 Å². The number of nitrogens with zero attached hydrogens (tertiary/aromatic N) is 7. The number of benzene rings is 2. The maximum atomic E-state index is 9.62. The molecule has 44 heavy (non-hydrogen) atoms. The molecule has 0 bridgehead atoms. The van der Waals surface area contributed by atoms with Crippen molar-refractivity contribution in [2.45, 2.75) is 38.5 Å². The summed E-state index contributed by atoms with van der Waals surface area (Å²) in [6.45, 7) is 8.40. The fourth-order valence-corrected chi connectivity index (χ4v) is 5.91. The third-order valence-electron chi connectivity index (χ3n) is 8.27. The standard InChI is InChI=1S/C33H38N8O3/c1-24(22-39-12-9-35-23-39)44-31-17-25(3-4-26(31)19-34)27-20-36-33(37-21-27)38-30-6-5-29(18-32(30)42-2)40-10-7-28(8-11-40)41-13-15-43-16-14-41/h3-6,9,12,17-18,20-21,23-24,28H,7-8,10-11,13-16,22H2,1-2H3,(H,36,37,38)/t24-/m0/s1. The number of piperidine rings is 1. The van der Waals surface area contributed by atoms with Crippen LogP contribution in [0.25, 0.3) is 11.1 Å². The van der Waals surface area contributed by atoms with Crippen LogP contribution in [0.5, 0.6) is 11.5 Å². The van der Waals surface area contributed by atoms with Gasteiger partial charge in [0.2, 0.25) is 5.95 Å². The molecular weight excluding hydrogens is 556 g/mol. The van der Waals surface area contributed by atoms with Gasteiger partial charge in [0.15, 0.2) is 0 Å². The van der Waals surface area contributed by atoms with Crippen LogP contribution in [-0.2, 0) is 11.3 Å². The van der Waals surface area contributed by atoms with Crippen LogP contribution in [0.15, 0.2) is 67.5 Å². The lowest BCUT2D eigenvalue weighted by Crippen LogP contribution is -2.49. The molecule has 2 aromatic heterocycles. The summed E-state index contributed by atoms with van der Waals surface area (Å²) in [4.78, 5) is 18.2. The molecule has 0 amide bonds. The lowest BCUT2D eigenvalue weighted by molar-refractivity contribution is 0.0115. The lowest BCUT2D eigenvalue weighted by Gasteiger charge is -2.40. The van der Waals surface area contributed by atoms with Crippen LogP contribution < -0.4 is 19.7 Å². The van der Waals surface area contributed by atoms with Crippen molar-refractivity contribution < 1.29 is 14.2 Å². The smallest absolute Gasteiger partial charge is 0.227 e. The third-order valence-corrected chi connectivity index (χ3v) is 8.27. The molecule has 228 valence electrons. The van der Waals surface area contributed by atoms with Crippen molar-refractivity contribution in [3.05, 3.63) is 73.1 Å². The molecule has 11 heteroatoms. The largest absolute Gasteiger partial charge is 0.494 e. The SMILES string of the molecule is COc1cc(N2CCC(N3CCOCC3)CC2)ccc1Nc1ncc(-c2ccc(C#N)c(O[C@@H](C)Cn3ccnc3)c2)cn1. The van der Waals surface area contributed by atoms with E-state index in [9.17, 15) is 5.26 Å². The summed E-state index contributed by atoms with van der Waals surface area (Å²) in [6, 6.07) is 14.6. The quantitative estimate of drug-likeness (QED) is 0.276. The van der Waals surface area contributed by atoms with Gasteiger partial charge in [0.25, 0.3) is 0 Å². The Bertz CT molecular complexity index is 1560. The second kappa shape index (κ2) is 13.8. The van der Waals surface area contributed by atoms with Crippen LogP contribution in [0, 0.1) is 11.3 Å². The molecule has 2 fully saturated rings. The van der Waals surface area contributed by atoms with Gasteiger partial charge in [-0.1, -0.05) is 6.07 Å². The van der Waals surface area contributed by atoms with Gasteiger partial charge in [-0.05, 0) is 49.6 Å². The number of anilines is 3. The summed E-state index contributed by atoms with van der Waals surface area (Å²) in [6.07, 6.45) is 11.0. The highest BCUT2D eigenvalue weighted by Gasteiger charge is 2.26. The molecule has 0 radical (unpaired) electrons. The van der Waals surface area contributed by atoms with Crippen molar-refractivity contribution in [3.63, 3.8) is 0 Å². The number of ether oxygens (including phenoxy) is 3. The van der Waals surface area contributed by atoms with E-state index in [1.54, 1.807) is 38.1 Å². The Morgan fingerprint density at radius 2 is 1.82 bits per heavy atom. The fourth-order valence-electron chi connectivity index (χ4n) is 5.91. The minimum absolute atomic E-state index is 0.155. The third kappa shape index (κ3) is 6.93. The molecule has 1 N–H and O–H groups in total. The first-order valence-corrected chi connectivity index (χ1v) is 15.1. The minimum Gasteiger partial charge on any atom is -0.494 e. The van der Waals surface area contributed by atoms with Crippen LogP contribution in [0.4, 0.5) is 17.3 Å². The molecule has 2 aliphatic rings. The van der Waals surface area contributed by atoms with Gasteiger partial charge in [0, 0.05) is 74.3 Å². The molecule has 0 spiro atoms. The number of aromatic nitrogens is 4. The molecular formula is C33H38N8O3. The van der Waals surface area contributed by atoms with Crippen molar-refractivity contribution in [2.75, 3.05) is 56.7 Å². The highest BCUT2D eigenvalue weighted by atomic mass is 16.5. The minimum atomic E-state index is -0.155. The molecule has 6 rings (SSSR count). The Labute approximate surface area is 258 Å². The number of hydrogen-bond acceptors (Lipinski definition) is 10. The van der Waals surface area contributed by atoms with E-state index >= 15 is 0 Å². The Morgan fingerprint density at radius 1 is 1.02 bits per heavy atom.